The van der Waals surface area contributed by atoms with E-state index in [4.69, 9.17) is 4.74 Å². The topological polar surface area (TPSA) is 87.7 Å². The first-order chi connectivity index (χ1) is 12.1. The molecule has 2 aliphatic rings. The number of nitrogens with one attached hydrogen (secondary N) is 2. The molecule has 2 fully saturated rings. The van der Waals surface area contributed by atoms with Gasteiger partial charge in [-0.2, -0.15) is 0 Å². The molecule has 7 heteroatoms. The van der Waals surface area contributed by atoms with E-state index >= 15 is 0 Å². The Kier molecular flexibility index (Phi) is 5.53. The van der Waals surface area contributed by atoms with E-state index in [0.29, 0.717) is 25.4 Å². The maximum atomic E-state index is 12.1. The van der Waals surface area contributed by atoms with E-state index in [9.17, 15) is 14.4 Å². The second kappa shape index (κ2) is 8.00. The maximum absolute atomic E-state index is 12.1. The van der Waals surface area contributed by atoms with Crippen LogP contribution in [0.15, 0.2) is 30.3 Å². The fourth-order valence-electron chi connectivity index (χ4n) is 2.77. The largest absolute Gasteiger partial charge is 0.415 e. The van der Waals surface area contributed by atoms with E-state index in [1.165, 1.54) is 0 Å². The minimum atomic E-state index is -0.571. The molecular formula is C18H23N3O4. The molecule has 0 radical (unpaired) electrons. The molecule has 0 spiro atoms. The van der Waals surface area contributed by atoms with Crippen molar-refractivity contribution in [3.8, 4) is 5.75 Å². The predicted molar refractivity (Wildman–Crippen MR) is 90.9 cm³/mol. The SMILES string of the molecule is O=C(NCC1CCN(C(=O)Oc2ccccc2)CC1)C(=O)NC1CC1. The maximum Gasteiger partial charge on any atom is 0.415 e. The number of para-hydroxylation sites is 1. The lowest BCUT2D eigenvalue weighted by atomic mass is 9.97. The van der Waals surface area contributed by atoms with Crippen LogP contribution in [0.2, 0.25) is 0 Å². The Morgan fingerprint density at radius 3 is 2.32 bits per heavy atom. The zero-order valence-electron chi connectivity index (χ0n) is 14.1. The molecule has 0 unspecified atom stereocenters. The van der Waals surface area contributed by atoms with Crippen molar-refractivity contribution in [2.24, 2.45) is 5.92 Å². The average Bonchev–Trinajstić information content (AvgIpc) is 3.45. The van der Waals surface area contributed by atoms with Gasteiger partial charge in [0, 0.05) is 25.7 Å². The summed E-state index contributed by atoms with van der Waals surface area (Å²) in [4.78, 5) is 37.1. The highest BCUT2D eigenvalue weighted by Crippen LogP contribution is 2.19. The molecule has 0 aromatic heterocycles. The monoisotopic (exact) mass is 345 g/mol. The highest BCUT2D eigenvalue weighted by Gasteiger charge is 2.28. The first kappa shape index (κ1) is 17.3. The quantitative estimate of drug-likeness (QED) is 0.805. The summed E-state index contributed by atoms with van der Waals surface area (Å²) in [6.45, 7) is 1.62. The molecule has 2 N–H and O–H groups in total. The van der Waals surface area contributed by atoms with Gasteiger partial charge in [0.2, 0.25) is 0 Å². The van der Waals surface area contributed by atoms with Crippen molar-refractivity contribution in [3.63, 3.8) is 0 Å². The number of rotatable bonds is 4. The molecule has 1 aromatic carbocycles. The molecule has 3 rings (SSSR count). The number of piperidine rings is 1. The number of ether oxygens (including phenoxy) is 1. The fourth-order valence-corrected chi connectivity index (χ4v) is 2.77. The van der Waals surface area contributed by atoms with Gasteiger partial charge in [0.1, 0.15) is 5.75 Å². The van der Waals surface area contributed by atoms with Crippen LogP contribution >= 0.6 is 0 Å². The molecular weight excluding hydrogens is 322 g/mol. The molecule has 1 heterocycles. The summed E-state index contributed by atoms with van der Waals surface area (Å²) in [6, 6.07) is 9.16. The van der Waals surface area contributed by atoms with Gasteiger partial charge in [-0.3, -0.25) is 9.59 Å². The van der Waals surface area contributed by atoms with Gasteiger partial charge in [-0.15, -0.1) is 0 Å². The van der Waals surface area contributed by atoms with Gasteiger partial charge < -0.3 is 20.3 Å². The summed E-state index contributed by atoms with van der Waals surface area (Å²) in [5.41, 5.74) is 0. The minimum Gasteiger partial charge on any atom is -0.410 e. The van der Waals surface area contributed by atoms with E-state index in [-0.39, 0.29) is 18.1 Å². The number of carbonyl (C=O) groups excluding carboxylic acids is 3. The van der Waals surface area contributed by atoms with E-state index < -0.39 is 11.8 Å². The molecule has 134 valence electrons. The predicted octanol–water partition coefficient (Wildman–Crippen LogP) is 1.29. The zero-order valence-corrected chi connectivity index (χ0v) is 14.1. The van der Waals surface area contributed by atoms with Crippen molar-refractivity contribution in [3.05, 3.63) is 30.3 Å². The van der Waals surface area contributed by atoms with Crippen molar-refractivity contribution >= 4 is 17.9 Å². The normalized spacial score (nSPS) is 17.7. The van der Waals surface area contributed by atoms with Crippen LogP contribution in [0.5, 0.6) is 5.75 Å². The second-order valence-corrected chi connectivity index (χ2v) is 6.57. The van der Waals surface area contributed by atoms with Gasteiger partial charge in [-0.1, -0.05) is 18.2 Å². The van der Waals surface area contributed by atoms with E-state index in [1.807, 2.05) is 18.2 Å². The van der Waals surface area contributed by atoms with Crippen molar-refractivity contribution < 1.29 is 19.1 Å². The number of carbonyl (C=O) groups is 3. The molecule has 1 saturated carbocycles. The lowest BCUT2D eigenvalue weighted by Gasteiger charge is -2.31. The summed E-state index contributed by atoms with van der Waals surface area (Å²) >= 11 is 0. The summed E-state index contributed by atoms with van der Waals surface area (Å²) < 4.78 is 5.33. The number of likely N-dealkylation sites (tertiary alicyclic amines) is 1. The Balaban J connectivity index is 1.36. The smallest absolute Gasteiger partial charge is 0.410 e. The Hall–Kier alpha value is -2.57. The Bertz CT molecular complexity index is 622. The Morgan fingerprint density at radius 1 is 1.00 bits per heavy atom. The van der Waals surface area contributed by atoms with Gasteiger partial charge in [0.15, 0.2) is 0 Å². The van der Waals surface area contributed by atoms with E-state index in [2.05, 4.69) is 10.6 Å². The third-order valence-corrected chi connectivity index (χ3v) is 4.49. The van der Waals surface area contributed by atoms with Gasteiger partial charge in [0.25, 0.3) is 0 Å². The standard InChI is InChI=1S/C18H23N3O4/c22-16(17(23)20-14-6-7-14)19-12-13-8-10-21(11-9-13)18(24)25-15-4-2-1-3-5-15/h1-5,13-14H,6-12H2,(H,19,22)(H,20,23). The molecule has 25 heavy (non-hydrogen) atoms. The first-order valence-electron chi connectivity index (χ1n) is 8.72. The van der Waals surface area contributed by atoms with Gasteiger partial charge in [0.05, 0.1) is 0 Å². The van der Waals surface area contributed by atoms with E-state index in [1.54, 1.807) is 17.0 Å². The third kappa shape index (κ3) is 5.20. The zero-order chi connectivity index (χ0) is 17.6. The third-order valence-electron chi connectivity index (χ3n) is 4.49. The molecule has 1 aliphatic carbocycles. The van der Waals surface area contributed by atoms with Gasteiger partial charge >= 0.3 is 17.9 Å². The number of nitrogens with zero attached hydrogens (tertiary/aromatic N) is 1. The Morgan fingerprint density at radius 2 is 1.68 bits per heavy atom. The number of benzene rings is 1. The number of amides is 3. The van der Waals surface area contributed by atoms with Crippen LogP contribution < -0.4 is 15.4 Å². The summed E-state index contributed by atoms with van der Waals surface area (Å²) in [7, 11) is 0. The molecule has 7 nitrogen and oxygen atoms in total. The van der Waals surface area contributed by atoms with Crippen LogP contribution in [-0.4, -0.2) is 48.5 Å². The lowest BCUT2D eigenvalue weighted by Crippen LogP contribution is -2.45. The van der Waals surface area contributed by atoms with Crippen LogP contribution in [-0.2, 0) is 9.59 Å². The van der Waals surface area contributed by atoms with Crippen molar-refractivity contribution in [1.29, 1.82) is 0 Å². The van der Waals surface area contributed by atoms with E-state index in [0.717, 1.165) is 25.7 Å². The highest BCUT2D eigenvalue weighted by atomic mass is 16.6. The van der Waals surface area contributed by atoms with Gasteiger partial charge in [-0.05, 0) is 43.7 Å². The molecule has 1 aromatic rings. The molecule has 1 aliphatic heterocycles. The average molecular weight is 345 g/mol. The summed E-state index contributed by atoms with van der Waals surface area (Å²) in [6.07, 6.45) is 3.10. The van der Waals surface area contributed by atoms with Crippen molar-refractivity contribution in [2.45, 2.75) is 31.7 Å². The number of hydrogen-bond donors (Lipinski definition) is 2. The van der Waals surface area contributed by atoms with Crippen LogP contribution in [0.25, 0.3) is 0 Å². The highest BCUT2D eigenvalue weighted by molar-refractivity contribution is 6.35. The first-order valence-corrected chi connectivity index (χ1v) is 8.72. The molecule has 3 amide bonds. The van der Waals surface area contributed by atoms with Crippen LogP contribution in [0.1, 0.15) is 25.7 Å². The Labute approximate surface area is 146 Å². The van der Waals surface area contributed by atoms with Crippen LogP contribution in [0.3, 0.4) is 0 Å². The van der Waals surface area contributed by atoms with Crippen molar-refractivity contribution in [2.75, 3.05) is 19.6 Å². The number of hydrogen-bond acceptors (Lipinski definition) is 4. The van der Waals surface area contributed by atoms with Crippen LogP contribution in [0.4, 0.5) is 4.79 Å². The second-order valence-electron chi connectivity index (χ2n) is 6.57. The van der Waals surface area contributed by atoms with Crippen molar-refractivity contribution in [1.82, 2.24) is 15.5 Å². The fraction of sp³-hybridized carbons (Fsp3) is 0.500. The summed E-state index contributed by atoms with van der Waals surface area (Å²) in [5.74, 6) is -0.328. The molecule has 0 bridgehead atoms. The molecule has 0 atom stereocenters. The summed E-state index contributed by atoms with van der Waals surface area (Å²) in [5, 5.41) is 5.35. The lowest BCUT2D eigenvalue weighted by molar-refractivity contribution is -0.139. The van der Waals surface area contributed by atoms with Crippen LogP contribution in [0, 0.1) is 5.92 Å². The molecule has 1 saturated heterocycles. The minimum absolute atomic E-state index is 0.178. The van der Waals surface area contributed by atoms with Gasteiger partial charge in [-0.25, -0.2) is 4.79 Å².